The molecular formula is C27H28N6. The molecule has 0 aliphatic carbocycles. The molecule has 4 aromatic rings. The highest BCUT2D eigenvalue weighted by molar-refractivity contribution is 5.84. The van der Waals surface area contributed by atoms with Gasteiger partial charge in [0.05, 0.1) is 17.4 Å². The summed E-state index contributed by atoms with van der Waals surface area (Å²) in [5.41, 5.74) is 7.91. The van der Waals surface area contributed by atoms with Crippen LogP contribution < -0.4 is 10.6 Å². The topological polar surface area (TPSA) is 68.9 Å². The number of fused-ring (bicyclic) bond motifs is 2. The van der Waals surface area contributed by atoms with Crippen molar-refractivity contribution >= 4 is 28.5 Å². The van der Waals surface area contributed by atoms with E-state index in [0.717, 1.165) is 40.2 Å². The van der Waals surface area contributed by atoms with Gasteiger partial charge in [-0.3, -0.25) is 5.10 Å². The van der Waals surface area contributed by atoms with Crippen LogP contribution in [0.1, 0.15) is 35.4 Å². The van der Waals surface area contributed by atoms with Gasteiger partial charge in [0.1, 0.15) is 5.82 Å². The van der Waals surface area contributed by atoms with Crippen molar-refractivity contribution in [3.8, 4) is 11.3 Å². The molecule has 2 aliphatic heterocycles. The van der Waals surface area contributed by atoms with E-state index in [2.05, 4.69) is 87.4 Å². The van der Waals surface area contributed by atoms with Crippen LogP contribution in [0.4, 0.5) is 11.5 Å². The Morgan fingerprint density at radius 3 is 2.73 bits per heavy atom. The maximum absolute atomic E-state index is 5.04. The molecule has 6 rings (SSSR count). The van der Waals surface area contributed by atoms with Crippen LogP contribution in [0.5, 0.6) is 0 Å². The Morgan fingerprint density at radius 2 is 1.88 bits per heavy atom. The van der Waals surface area contributed by atoms with Crippen molar-refractivity contribution in [3.05, 3.63) is 77.6 Å². The lowest BCUT2D eigenvalue weighted by Gasteiger charge is -2.29. The minimum Gasteiger partial charge on any atom is -0.387 e. The molecule has 0 bridgehead atoms. The maximum atomic E-state index is 5.04. The first-order chi connectivity index (χ1) is 16.2. The Hall–Kier alpha value is -3.64. The van der Waals surface area contributed by atoms with Crippen LogP contribution in [-0.4, -0.2) is 40.2 Å². The van der Waals surface area contributed by atoms with Gasteiger partial charge in [-0.15, -0.1) is 0 Å². The first-order valence-corrected chi connectivity index (χ1v) is 11.7. The quantitative estimate of drug-likeness (QED) is 0.408. The van der Waals surface area contributed by atoms with E-state index in [1.807, 2.05) is 12.4 Å². The maximum Gasteiger partial charge on any atom is 0.136 e. The predicted molar refractivity (Wildman–Crippen MR) is 134 cm³/mol. The number of hydrogen-bond acceptors (Lipinski definition) is 5. The molecule has 1 fully saturated rings. The Morgan fingerprint density at radius 1 is 1.03 bits per heavy atom. The number of nitrogens with zero attached hydrogens (tertiary/aromatic N) is 3. The second kappa shape index (κ2) is 8.37. The van der Waals surface area contributed by atoms with Crippen LogP contribution in [0.2, 0.25) is 0 Å². The number of benzene rings is 2. The Balaban J connectivity index is 1.31. The van der Waals surface area contributed by atoms with Crippen LogP contribution in [-0.2, 0) is 6.54 Å². The summed E-state index contributed by atoms with van der Waals surface area (Å²) < 4.78 is 0. The van der Waals surface area contributed by atoms with Crippen LogP contribution in [0.25, 0.3) is 28.2 Å². The molecule has 6 nitrogen and oxygen atoms in total. The Kier molecular flexibility index (Phi) is 5.07. The van der Waals surface area contributed by atoms with E-state index in [1.165, 1.54) is 42.6 Å². The fraction of sp³-hybridized carbons (Fsp3) is 0.259. The molecule has 0 spiro atoms. The zero-order valence-corrected chi connectivity index (χ0v) is 18.8. The van der Waals surface area contributed by atoms with Crippen molar-refractivity contribution in [2.45, 2.75) is 25.3 Å². The van der Waals surface area contributed by atoms with Gasteiger partial charge in [-0.25, -0.2) is 4.98 Å². The van der Waals surface area contributed by atoms with Gasteiger partial charge in [-0.05, 0) is 86.6 Å². The summed E-state index contributed by atoms with van der Waals surface area (Å²) in [7, 11) is 2.21. The lowest BCUT2D eigenvalue weighted by Crippen LogP contribution is -2.29. The van der Waals surface area contributed by atoms with Crippen molar-refractivity contribution in [2.24, 2.45) is 0 Å². The van der Waals surface area contributed by atoms with E-state index in [9.17, 15) is 0 Å². The minimum atomic E-state index is 0.663. The second-order valence-corrected chi connectivity index (χ2v) is 9.13. The van der Waals surface area contributed by atoms with E-state index >= 15 is 0 Å². The lowest BCUT2D eigenvalue weighted by molar-refractivity contribution is 0.255. The normalized spacial score (nSPS) is 16.5. The fourth-order valence-corrected chi connectivity index (χ4v) is 4.90. The van der Waals surface area contributed by atoms with Gasteiger partial charge in [0, 0.05) is 28.7 Å². The van der Waals surface area contributed by atoms with E-state index in [4.69, 9.17) is 4.98 Å². The highest BCUT2D eigenvalue weighted by Gasteiger charge is 2.19. The Labute approximate surface area is 193 Å². The SMILES string of the molecule is CN1CCC(c2ccc(Nc3nc(-c4ccc5cn[nH]c5c4)cc4c3CNC=C4)cc2)CC1. The molecule has 166 valence electrons. The smallest absolute Gasteiger partial charge is 0.136 e. The van der Waals surface area contributed by atoms with Gasteiger partial charge in [0.25, 0.3) is 0 Å². The van der Waals surface area contributed by atoms with Crippen LogP contribution in [0, 0.1) is 0 Å². The second-order valence-electron chi connectivity index (χ2n) is 9.13. The molecule has 4 heterocycles. The van der Waals surface area contributed by atoms with Crippen LogP contribution in [0.15, 0.2) is 60.9 Å². The van der Waals surface area contributed by atoms with Gasteiger partial charge < -0.3 is 15.5 Å². The summed E-state index contributed by atoms with van der Waals surface area (Å²) in [4.78, 5) is 7.46. The zero-order valence-electron chi connectivity index (χ0n) is 18.8. The molecule has 2 aromatic carbocycles. The van der Waals surface area contributed by atoms with Crippen molar-refractivity contribution in [1.82, 2.24) is 25.4 Å². The predicted octanol–water partition coefficient (Wildman–Crippen LogP) is 5.25. The largest absolute Gasteiger partial charge is 0.387 e. The van der Waals surface area contributed by atoms with E-state index in [-0.39, 0.29) is 0 Å². The third kappa shape index (κ3) is 3.98. The van der Waals surface area contributed by atoms with Crippen molar-refractivity contribution in [2.75, 3.05) is 25.5 Å². The third-order valence-electron chi connectivity index (χ3n) is 6.92. The summed E-state index contributed by atoms with van der Waals surface area (Å²) in [6.45, 7) is 3.12. The molecule has 2 aromatic heterocycles. The average molecular weight is 437 g/mol. The van der Waals surface area contributed by atoms with Crippen molar-refractivity contribution in [3.63, 3.8) is 0 Å². The number of H-pyrrole nitrogens is 1. The number of likely N-dealkylation sites (tertiary alicyclic amines) is 1. The highest BCUT2D eigenvalue weighted by atomic mass is 15.1. The number of aromatic amines is 1. The number of piperidine rings is 1. The summed E-state index contributed by atoms with van der Waals surface area (Å²) in [5.74, 6) is 1.56. The number of aromatic nitrogens is 3. The highest BCUT2D eigenvalue weighted by Crippen LogP contribution is 2.32. The number of pyridine rings is 1. The molecular weight excluding hydrogens is 408 g/mol. The number of nitrogens with one attached hydrogen (secondary N) is 3. The monoisotopic (exact) mass is 436 g/mol. The third-order valence-corrected chi connectivity index (χ3v) is 6.92. The number of rotatable bonds is 4. The first kappa shape index (κ1) is 20.0. The molecule has 1 saturated heterocycles. The molecule has 0 radical (unpaired) electrons. The van der Waals surface area contributed by atoms with Gasteiger partial charge >= 0.3 is 0 Å². The van der Waals surface area contributed by atoms with E-state index < -0.39 is 0 Å². The van der Waals surface area contributed by atoms with Gasteiger partial charge in [0.2, 0.25) is 0 Å². The first-order valence-electron chi connectivity index (χ1n) is 11.7. The van der Waals surface area contributed by atoms with Gasteiger partial charge in [0.15, 0.2) is 0 Å². The molecule has 0 amide bonds. The number of hydrogen-bond donors (Lipinski definition) is 3. The molecule has 0 saturated carbocycles. The minimum absolute atomic E-state index is 0.663. The standard InChI is InChI=1S/C27H28N6/c1-33-12-9-19(10-13-33)18-4-6-23(7-5-18)30-27-24-17-28-11-8-20(24)14-25(31-27)21-2-3-22-16-29-32-26(22)15-21/h2-8,11,14-16,19,28H,9-10,12-13,17H2,1H3,(H,29,32)(H,30,31). The van der Waals surface area contributed by atoms with Crippen molar-refractivity contribution in [1.29, 1.82) is 0 Å². The number of anilines is 2. The Bertz CT molecular complexity index is 1310. The molecule has 6 heteroatoms. The molecule has 0 atom stereocenters. The summed E-state index contributed by atoms with van der Waals surface area (Å²) in [6.07, 6.45) is 8.44. The fourth-order valence-electron chi connectivity index (χ4n) is 4.90. The summed E-state index contributed by atoms with van der Waals surface area (Å²) in [5, 5.41) is 15.2. The zero-order chi connectivity index (χ0) is 22.2. The molecule has 2 aliphatic rings. The van der Waals surface area contributed by atoms with Crippen LogP contribution in [0.3, 0.4) is 0 Å². The molecule has 0 unspecified atom stereocenters. The average Bonchev–Trinajstić information content (AvgIpc) is 3.33. The lowest BCUT2D eigenvalue weighted by atomic mass is 9.89. The van der Waals surface area contributed by atoms with E-state index in [0.29, 0.717) is 5.92 Å². The summed E-state index contributed by atoms with van der Waals surface area (Å²) >= 11 is 0. The van der Waals surface area contributed by atoms with E-state index in [1.54, 1.807) is 0 Å². The molecule has 33 heavy (non-hydrogen) atoms. The summed E-state index contributed by atoms with van der Waals surface area (Å²) in [6, 6.07) is 17.4. The molecule has 3 N–H and O–H groups in total. The van der Waals surface area contributed by atoms with Crippen molar-refractivity contribution < 1.29 is 0 Å². The van der Waals surface area contributed by atoms with Gasteiger partial charge in [-0.1, -0.05) is 24.3 Å². The van der Waals surface area contributed by atoms with Crippen LogP contribution >= 0.6 is 0 Å². The van der Waals surface area contributed by atoms with Gasteiger partial charge in [-0.2, -0.15) is 5.10 Å².